The van der Waals surface area contributed by atoms with E-state index in [1.54, 1.807) is 18.5 Å². The number of aliphatic hydroxyl groups is 1. The molecule has 1 aromatic rings. The van der Waals surface area contributed by atoms with E-state index in [2.05, 4.69) is 11.9 Å². The molecule has 0 atom stereocenters. The van der Waals surface area contributed by atoms with Crippen molar-refractivity contribution in [3.05, 3.63) is 12.0 Å². The van der Waals surface area contributed by atoms with Gasteiger partial charge in [-0.05, 0) is 13.3 Å². The SMILES string of the molecule is CCCCCN(CCO)S(=O)(=O)c1cn(C)c(C)n1. The average molecular weight is 289 g/mol. The van der Waals surface area contributed by atoms with Gasteiger partial charge in [0.15, 0.2) is 5.03 Å². The van der Waals surface area contributed by atoms with Crippen LogP contribution in [0.3, 0.4) is 0 Å². The Labute approximate surface area is 115 Å². The van der Waals surface area contributed by atoms with Crippen LogP contribution in [0.5, 0.6) is 0 Å². The molecule has 0 bridgehead atoms. The zero-order chi connectivity index (χ0) is 14.5. The van der Waals surface area contributed by atoms with Gasteiger partial charge < -0.3 is 9.67 Å². The van der Waals surface area contributed by atoms with E-state index in [0.29, 0.717) is 12.4 Å². The maximum absolute atomic E-state index is 12.4. The number of imidazole rings is 1. The summed E-state index contributed by atoms with van der Waals surface area (Å²) < 4.78 is 27.8. The predicted octanol–water partition coefficient (Wildman–Crippen LogP) is 0.902. The van der Waals surface area contributed by atoms with Gasteiger partial charge >= 0.3 is 0 Å². The number of aliphatic hydroxyl groups excluding tert-OH is 1. The molecule has 1 rings (SSSR count). The summed E-state index contributed by atoms with van der Waals surface area (Å²) in [5, 5.41) is 9.08. The number of sulfonamides is 1. The van der Waals surface area contributed by atoms with Crippen LogP contribution in [0, 0.1) is 6.92 Å². The molecule has 110 valence electrons. The average Bonchev–Trinajstić information content (AvgIpc) is 2.69. The molecular weight excluding hydrogens is 266 g/mol. The van der Waals surface area contributed by atoms with Crippen molar-refractivity contribution in [2.75, 3.05) is 19.7 Å². The third-order valence-electron chi connectivity index (χ3n) is 3.05. The Bertz CT molecular complexity index is 477. The standard InChI is InChI=1S/C12H23N3O3S/c1-4-5-6-7-15(8-9-16)19(17,18)12-10-14(3)11(2)13-12/h10,16H,4-9H2,1-3H3. The Hall–Kier alpha value is -0.920. The molecule has 0 saturated heterocycles. The zero-order valence-electron chi connectivity index (χ0n) is 11.8. The van der Waals surface area contributed by atoms with Crippen molar-refractivity contribution in [2.45, 2.75) is 38.1 Å². The highest BCUT2D eigenvalue weighted by atomic mass is 32.2. The molecule has 6 nitrogen and oxygen atoms in total. The van der Waals surface area contributed by atoms with Gasteiger partial charge in [0.1, 0.15) is 5.82 Å². The van der Waals surface area contributed by atoms with E-state index in [-0.39, 0.29) is 18.2 Å². The molecule has 1 heterocycles. The van der Waals surface area contributed by atoms with Crippen LogP contribution in [0.25, 0.3) is 0 Å². The number of hydrogen-bond acceptors (Lipinski definition) is 4. The first-order valence-electron chi connectivity index (χ1n) is 6.54. The van der Waals surface area contributed by atoms with Crippen molar-refractivity contribution in [3.63, 3.8) is 0 Å². The number of rotatable bonds is 8. The van der Waals surface area contributed by atoms with E-state index in [9.17, 15) is 8.42 Å². The molecule has 0 aliphatic rings. The summed E-state index contributed by atoms with van der Waals surface area (Å²) >= 11 is 0. The topological polar surface area (TPSA) is 75.4 Å². The maximum atomic E-state index is 12.4. The number of unbranched alkanes of at least 4 members (excludes halogenated alkanes) is 2. The molecular formula is C12H23N3O3S. The van der Waals surface area contributed by atoms with E-state index in [0.717, 1.165) is 19.3 Å². The highest BCUT2D eigenvalue weighted by Crippen LogP contribution is 2.15. The number of aromatic nitrogens is 2. The van der Waals surface area contributed by atoms with Crippen LogP contribution >= 0.6 is 0 Å². The second-order valence-corrected chi connectivity index (χ2v) is 6.46. The molecule has 7 heteroatoms. The number of hydrogen-bond donors (Lipinski definition) is 1. The van der Waals surface area contributed by atoms with Crippen LogP contribution < -0.4 is 0 Å². The summed E-state index contributed by atoms with van der Waals surface area (Å²) in [6, 6.07) is 0. The fourth-order valence-electron chi connectivity index (χ4n) is 1.78. The summed E-state index contributed by atoms with van der Waals surface area (Å²) in [4.78, 5) is 4.06. The highest BCUT2D eigenvalue weighted by Gasteiger charge is 2.26. The molecule has 0 spiro atoms. The van der Waals surface area contributed by atoms with Gasteiger partial charge in [-0.15, -0.1) is 0 Å². The van der Waals surface area contributed by atoms with Crippen molar-refractivity contribution in [1.29, 1.82) is 0 Å². The molecule has 0 aliphatic carbocycles. The summed E-state index contributed by atoms with van der Waals surface area (Å²) in [5.41, 5.74) is 0. The first kappa shape index (κ1) is 16.1. The zero-order valence-corrected chi connectivity index (χ0v) is 12.7. The molecule has 0 fully saturated rings. The molecule has 1 N–H and O–H groups in total. The summed E-state index contributed by atoms with van der Waals surface area (Å²) in [5.74, 6) is 0.649. The Morgan fingerprint density at radius 2 is 2.05 bits per heavy atom. The molecule has 0 aliphatic heterocycles. The Morgan fingerprint density at radius 3 is 2.53 bits per heavy atom. The highest BCUT2D eigenvalue weighted by molar-refractivity contribution is 7.89. The lowest BCUT2D eigenvalue weighted by atomic mass is 10.2. The van der Waals surface area contributed by atoms with Gasteiger partial charge in [-0.2, -0.15) is 4.31 Å². The summed E-state index contributed by atoms with van der Waals surface area (Å²) in [6.45, 7) is 4.17. The quantitative estimate of drug-likeness (QED) is 0.722. The van der Waals surface area contributed by atoms with Crippen LogP contribution in [0.15, 0.2) is 11.2 Å². The lowest BCUT2D eigenvalue weighted by Gasteiger charge is -2.19. The van der Waals surface area contributed by atoms with Crippen LogP contribution in [-0.4, -0.2) is 47.1 Å². The van der Waals surface area contributed by atoms with Gasteiger partial charge in [0, 0.05) is 26.3 Å². The van der Waals surface area contributed by atoms with E-state index in [1.807, 2.05) is 0 Å². The van der Waals surface area contributed by atoms with Gasteiger partial charge in [0.25, 0.3) is 10.0 Å². The molecule has 19 heavy (non-hydrogen) atoms. The molecule has 0 aromatic carbocycles. The monoisotopic (exact) mass is 289 g/mol. The predicted molar refractivity (Wildman–Crippen MR) is 73.3 cm³/mol. The lowest BCUT2D eigenvalue weighted by Crippen LogP contribution is -2.34. The largest absolute Gasteiger partial charge is 0.395 e. The van der Waals surface area contributed by atoms with Crippen LogP contribution in [0.4, 0.5) is 0 Å². The van der Waals surface area contributed by atoms with Crippen molar-refractivity contribution < 1.29 is 13.5 Å². The van der Waals surface area contributed by atoms with E-state index in [1.165, 1.54) is 10.5 Å². The van der Waals surface area contributed by atoms with E-state index >= 15 is 0 Å². The van der Waals surface area contributed by atoms with Gasteiger partial charge in [-0.1, -0.05) is 19.8 Å². The van der Waals surface area contributed by atoms with E-state index < -0.39 is 10.0 Å². The van der Waals surface area contributed by atoms with Crippen LogP contribution in [0.2, 0.25) is 0 Å². The Balaban J connectivity index is 2.92. The second-order valence-electron chi connectivity index (χ2n) is 4.57. The summed E-state index contributed by atoms with van der Waals surface area (Å²) in [6.07, 6.45) is 4.30. The van der Waals surface area contributed by atoms with Crippen molar-refractivity contribution in [3.8, 4) is 0 Å². The van der Waals surface area contributed by atoms with Crippen molar-refractivity contribution in [1.82, 2.24) is 13.9 Å². The van der Waals surface area contributed by atoms with Gasteiger partial charge in [0.2, 0.25) is 0 Å². The van der Waals surface area contributed by atoms with Crippen LogP contribution in [0.1, 0.15) is 32.0 Å². The second kappa shape index (κ2) is 7.02. The molecule has 1 aromatic heterocycles. The van der Waals surface area contributed by atoms with Crippen molar-refractivity contribution in [2.24, 2.45) is 7.05 Å². The molecule has 0 unspecified atom stereocenters. The third-order valence-corrected chi connectivity index (χ3v) is 4.82. The van der Waals surface area contributed by atoms with E-state index in [4.69, 9.17) is 5.11 Å². The van der Waals surface area contributed by atoms with Gasteiger partial charge in [-0.25, -0.2) is 13.4 Å². The molecule has 0 saturated carbocycles. The van der Waals surface area contributed by atoms with Crippen molar-refractivity contribution >= 4 is 10.0 Å². The van der Waals surface area contributed by atoms with Gasteiger partial charge in [-0.3, -0.25) is 0 Å². The Kier molecular flexibility index (Phi) is 5.96. The number of nitrogens with zero attached hydrogens (tertiary/aromatic N) is 3. The minimum atomic E-state index is -3.60. The molecule has 0 radical (unpaired) electrons. The normalized spacial score (nSPS) is 12.3. The fraction of sp³-hybridized carbons (Fsp3) is 0.750. The minimum Gasteiger partial charge on any atom is -0.395 e. The first-order valence-corrected chi connectivity index (χ1v) is 7.98. The van der Waals surface area contributed by atoms with Gasteiger partial charge in [0.05, 0.1) is 6.61 Å². The smallest absolute Gasteiger partial charge is 0.262 e. The number of aryl methyl sites for hydroxylation is 2. The lowest BCUT2D eigenvalue weighted by molar-refractivity contribution is 0.251. The third kappa shape index (κ3) is 4.02. The minimum absolute atomic E-state index is 0.0532. The molecule has 0 amide bonds. The first-order chi connectivity index (χ1) is 8.93. The summed E-state index contributed by atoms with van der Waals surface area (Å²) in [7, 11) is -1.85. The van der Waals surface area contributed by atoms with Crippen LogP contribution in [-0.2, 0) is 17.1 Å². The fourth-order valence-corrected chi connectivity index (χ4v) is 3.28. The maximum Gasteiger partial charge on any atom is 0.262 e. The Morgan fingerprint density at radius 1 is 1.37 bits per heavy atom.